The highest BCUT2D eigenvalue weighted by molar-refractivity contribution is 8.02. The molecule has 0 saturated carbocycles. The van der Waals surface area contributed by atoms with Crippen molar-refractivity contribution < 1.29 is 9.66 Å². The van der Waals surface area contributed by atoms with Crippen LogP contribution in [0.2, 0.25) is 0 Å². The summed E-state index contributed by atoms with van der Waals surface area (Å²) in [5, 5.41) is 14.1. The maximum Gasteiger partial charge on any atom is 0.263 e. The molecule has 1 aliphatic rings. The molecule has 1 fully saturated rings. The lowest BCUT2D eigenvalue weighted by atomic mass is 10.1. The van der Waals surface area contributed by atoms with Crippen LogP contribution in [0.25, 0.3) is 0 Å². The van der Waals surface area contributed by atoms with Gasteiger partial charge in [-0.25, -0.2) is 0 Å². The Morgan fingerprint density at radius 1 is 1.65 bits per heavy atom. The maximum absolute atomic E-state index is 10.4. The van der Waals surface area contributed by atoms with Crippen LogP contribution in [0.5, 0.6) is 0 Å². The van der Waals surface area contributed by atoms with Crippen molar-refractivity contribution in [2.75, 3.05) is 39.5 Å². The minimum absolute atomic E-state index is 0.395. The molecule has 0 aromatic carbocycles. The molecule has 0 amide bonds. The van der Waals surface area contributed by atoms with Gasteiger partial charge in [0.05, 0.1) is 17.6 Å². The number of hydrogen-bond donors (Lipinski definition) is 1. The molecule has 1 rings (SSSR count). The van der Waals surface area contributed by atoms with Crippen molar-refractivity contribution in [3.05, 3.63) is 21.3 Å². The molecular weight excluding hydrogens is 278 g/mol. The molecule has 6 nitrogen and oxygen atoms in total. The summed E-state index contributed by atoms with van der Waals surface area (Å²) in [7, 11) is 2.12. The second kappa shape index (κ2) is 9.20. The van der Waals surface area contributed by atoms with Gasteiger partial charge in [-0.1, -0.05) is 0 Å². The summed E-state index contributed by atoms with van der Waals surface area (Å²) < 4.78 is 5.56. The molecule has 0 radical (unpaired) electrons. The van der Waals surface area contributed by atoms with E-state index in [4.69, 9.17) is 4.74 Å². The van der Waals surface area contributed by atoms with E-state index >= 15 is 0 Å². The third-order valence-corrected chi connectivity index (χ3v) is 4.00. The SMILES string of the molecule is CSC(=C[N+](=O)[O-])NCCCN(C)CC1COC(C)C1. The summed E-state index contributed by atoms with van der Waals surface area (Å²) in [5.41, 5.74) is 0. The maximum atomic E-state index is 10.4. The smallest absolute Gasteiger partial charge is 0.263 e. The molecule has 2 atom stereocenters. The van der Waals surface area contributed by atoms with E-state index in [0.29, 0.717) is 17.1 Å². The van der Waals surface area contributed by atoms with Gasteiger partial charge >= 0.3 is 0 Å². The average molecular weight is 303 g/mol. The van der Waals surface area contributed by atoms with Gasteiger partial charge in [0.15, 0.2) is 0 Å². The lowest BCUT2D eigenvalue weighted by Crippen LogP contribution is -2.29. The summed E-state index contributed by atoms with van der Waals surface area (Å²) in [6.07, 6.45) is 5.35. The van der Waals surface area contributed by atoms with E-state index in [1.54, 1.807) is 0 Å². The zero-order valence-electron chi connectivity index (χ0n) is 12.5. The first-order valence-electron chi connectivity index (χ1n) is 6.94. The first kappa shape index (κ1) is 17.3. The predicted molar refractivity (Wildman–Crippen MR) is 82.2 cm³/mol. The van der Waals surface area contributed by atoms with Crippen LogP contribution >= 0.6 is 11.8 Å². The Hall–Kier alpha value is -0.790. The van der Waals surface area contributed by atoms with Gasteiger partial charge in [-0.3, -0.25) is 10.1 Å². The minimum Gasteiger partial charge on any atom is -0.378 e. The Bertz CT molecular complexity index is 339. The molecule has 1 heterocycles. The molecule has 2 unspecified atom stereocenters. The van der Waals surface area contributed by atoms with E-state index in [9.17, 15) is 10.1 Å². The summed E-state index contributed by atoms with van der Waals surface area (Å²) in [4.78, 5) is 12.3. The lowest BCUT2D eigenvalue weighted by Gasteiger charge is -2.20. The van der Waals surface area contributed by atoms with Crippen LogP contribution < -0.4 is 5.32 Å². The highest BCUT2D eigenvalue weighted by Crippen LogP contribution is 2.19. The van der Waals surface area contributed by atoms with E-state index in [1.807, 2.05) is 6.26 Å². The average Bonchev–Trinajstić information content (AvgIpc) is 2.78. The molecule has 0 aromatic rings. The van der Waals surface area contributed by atoms with Crippen LogP contribution in [-0.2, 0) is 4.74 Å². The van der Waals surface area contributed by atoms with Crippen molar-refractivity contribution in [2.24, 2.45) is 5.92 Å². The highest BCUT2D eigenvalue weighted by Gasteiger charge is 2.22. The van der Waals surface area contributed by atoms with Crippen LogP contribution in [0.3, 0.4) is 0 Å². The van der Waals surface area contributed by atoms with Crippen molar-refractivity contribution in [3.8, 4) is 0 Å². The monoisotopic (exact) mass is 303 g/mol. The molecular formula is C13H25N3O3S. The Morgan fingerprint density at radius 2 is 2.40 bits per heavy atom. The summed E-state index contributed by atoms with van der Waals surface area (Å²) >= 11 is 1.36. The fourth-order valence-corrected chi connectivity index (χ4v) is 2.83. The first-order chi connectivity index (χ1) is 9.51. The summed E-state index contributed by atoms with van der Waals surface area (Å²) in [5.74, 6) is 0.638. The molecule has 0 aliphatic carbocycles. The van der Waals surface area contributed by atoms with Crippen molar-refractivity contribution in [1.82, 2.24) is 10.2 Å². The van der Waals surface area contributed by atoms with Crippen molar-refractivity contribution in [3.63, 3.8) is 0 Å². The molecule has 0 aromatic heterocycles. The van der Waals surface area contributed by atoms with Gasteiger partial charge < -0.3 is 15.0 Å². The molecule has 116 valence electrons. The zero-order valence-corrected chi connectivity index (χ0v) is 13.3. The summed E-state index contributed by atoms with van der Waals surface area (Å²) in [6, 6.07) is 0. The number of thioether (sulfide) groups is 1. The number of rotatable bonds is 9. The Balaban J connectivity index is 2.12. The minimum atomic E-state index is -0.424. The van der Waals surface area contributed by atoms with E-state index in [2.05, 4.69) is 24.2 Å². The fourth-order valence-electron chi connectivity index (χ4n) is 2.39. The Morgan fingerprint density at radius 3 is 2.95 bits per heavy atom. The van der Waals surface area contributed by atoms with Crippen LogP contribution in [0.15, 0.2) is 11.2 Å². The van der Waals surface area contributed by atoms with Crippen LogP contribution in [0.1, 0.15) is 19.8 Å². The van der Waals surface area contributed by atoms with E-state index in [-0.39, 0.29) is 0 Å². The molecule has 1 N–H and O–H groups in total. The highest BCUT2D eigenvalue weighted by atomic mass is 32.2. The predicted octanol–water partition coefficient (Wildman–Crippen LogP) is 1.76. The standard InChI is InChI=1S/C13H25N3O3S/c1-11-7-12(10-19-11)8-15(2)6-4-5-14-13(20-3)9-16(17)18/h9,11-12,14H,4-8,10H2,1-3H3. The largest absolute Gasteiger partial charge is 0.378 e. The van der Waals surface area contributed by atoms with Gasteiger partial charge in [-0.2, -0.15) is 0 Å². The molecule has 1 saturated heterocycles. The first-order valence-corrected chi connectivity index (χ1v) is 8.17. The molecule has 1 aliphatic heterocycles. The number of nitrogens with one attached hydrogen (secondary N) is 1. The van der Waals surface area contributed by atoms with E-state index < -0.39 is 4.92 Å². The van der Waals surface area contributed by atoms with Crippen LogP contribution in [0.4, 0.5) is 0 Å². The normalized spacial score (nSPS) is 23.3. The number of nitrogens with zero attached hydrogens (tertiary/aromatic N) is 2. The zero-order chi connectivity index (χ0) is 15.0. The van der Waals surface area contributed by atoms with Gasteiger partial charge in [-0.15, -0.1) is 11.8 Å². The molecule has 0 bridgehead atoms. The second-order valence-electron chi connectivity index (χ2n) is 5.27. The lowest BCUT2D eigenvalue weighted by molar-refractivity contribution is -0.403. The fraction of sp³-hybridized carbons (Fsp3) is 0.846. The Labute approximate surface area is 125 Å². The topological polar surface area (TPSA) is 67.6 Å². The van der Waals surface area contributed by atoms with Gasteiger partial charge in [-0.05, 0) is 45.5 Å². The van der Waals surface area contributed by atoms with Crippen LogP contribution in [0, 0.1) is 16.0 Å². The third-order valence-electron chi connectivity index (χ3n) is 3.31. The van der Waals surface area contributed by atoms with Crippen LogP contribution in [-0.4, -0.2) is 55.5 Å². The van der Waals surface area contributed by atoms with Gasteiger partial charge in [0, 0.05) is 13.1 Å². The van der Waals surface area contributed by atoms with Gasteiger partial charge in [0.1, 0.15) is 5.03 Å². The molecule has 7 heteroatoms. The number of nitro groups is 1. The van der Waals surface area contributed by atoms with Gasteiger partial charge in [0.25, 0.3) is 6.20 Å². The number of hydrogen-bond acceptors (Lipinski definition) is 6. The van der Waals surface area contributed by atoms with E-state index in [1.165, 1.54) is 11.8 Å². The molecule has 0 spiro atoms. The quantitative estimate of drug-likeness (QED) is 0.398. The van der Waals surface area contributed by atoms with E-state index in [0.717, 1.165) is 45.3 Å². The Kier molecular flexibility index (Phi) is 7.94. The third kappa shape index (κ3) is 7.12. The number of ether oxygens (including phenoxy) is 1. The van der Waals surface area contributed by atoms with Crippen molar-refractivity contribution in [2.45, 2.75) is 25.9 Å². The molecule has 20 heavy (non-hydrogen) atoms. The van der Waals surface area contributed by atoms with Crippen molar-refractivity contribution in [1.29, 1.82) is 0 Å². The van der Waals surface area contributed by atoms with Gasteiger partial charge in [0.2, 0.25) is 0 Å². The summed E-state index contributed by atoms with van der Waals surface area (Å²) in [6.45, 7) is 5.78. The second-order valence-corrected chi connectivity index (χ2v) is 6.12. The van der Waals surface area contributed by atoms with Crippen molar-refractivity contribution >= 4 is 11.8 Å².